The van der Waals surface area contributed by atoms with Gasteiger partial charge in [0, 0.05) is 6.04 Å². The molecule has 0 spiro atoms. The zero-order chi connectivity index (χ0) is 14.7. The first kappa shape index (κ1) is 15.1. The van der Waals surface area contributed by atoms with E-state index in [1.807, 2.05) is 0 Å². The van der Waals surface area contributed by atoms with Crippen LogP contribution in [0.4, 0.5) is 0 Å². The van der Waals surface area contributed by atoms with Gasteiger partial charge in [0.1, 0.15) is 0 Å². The Morgan fingerprint density at radius 3 is 2.43 bits per heavy atom. The van der Waals surface area contributed by atoms with Crippen LogP contribution in [0.25, 0.3) is 0 Å². The van der Waals surface area contributed by atoms with E-state index in [-0.39, 0.29) is 0 Å². The third-order valence-corrected chi connectivity index (χ3v) is 5.89. The van der Waals surface area contributed by atoms with Crippen LogP contribution in [0, 0.1) is 18.8 Å². The summed E-state index contributed by atoms with van der Waals surface area (Å²) in [5.41, 5.74) is 2.95. The lowest BCUT2D eigenvalue weighted by Gasteiger charge is -2.38. The van der Waals surface area contributed by atoms with Gasteiger partial charge in [0.15, 0.2) is 0 Å². The van der Waals surface area contributed by atoms with E-state index in [0.29, 0.717) is 0 Å². The number of aryl methyl sites for hydroxylation is 1. The molecule has 3 rings (SSSR count). The second kappa shape index (κ2) is 6.96. The van der Waals surface area contributed by atoms with Gasteiger partial charge in [0.05, 0.1) is 0 Å². The van der Waals surface area contributed by atoms with E-state index in [2.05, 4.69) is 43.4 Å². The van der Waals surface area contributed by atoms with Gasteiger partial charge in [-0.25, -0.2) is 0 Å². The second-order valence-corrected chi connectivity index (χ2v) is 7.48. The van der Waals surface area contributed by atoms with Crippen LogP contribution < -0.4 is 5.32 Å². The largest absolute Gasteiger partial charge is 0.314 e. The van der Waals surface area contributed by atoms with Crippen LogP contribution in [0.15, 0.2) is 24.3 Å². The number of nitrogens with one attached hydrogen (secondary N) is 1. The number of hydrogen-bond donors (Lipinski definition) is 1. The molecule has 0 aliphatic heterocycles. The molecule has 2 fully saturated rings. The molecule has 21 heavy (non-hydrogen) atoms. The second-order valence-electron chi connectivity index (χ2n) is 7.48. The van der Waals surface area contributed by atoms with Gasteiger partial charge in [0.25, 0.3) is 0 Å². The molecule has 2 saturated carbocycles. The van der Waals surface area contributed by atoms with Crippen molar-refractivity contribution in [1.82, 2.24) is 5.32 Å². The normalized spacial score (nSPS) is 32.7. The van der Waals surface area contributed by atoms with Crippen LogP contribution in [0.3, 0.4) is 0 Å². The molecular formula is C20H31N. The van der Waals surface area contributed by atoms with Crippen LogP contribution in [0.1, 0.15) is 68.9 Å². The summed E-state index contributed by atoms with van der Waals surface area (Å²) in [6.45, 7) is 5.81. The quantitative estimate of drug-likeness (QED) is 0.798. The zero-order valence-electron chi connectivity index (χ0n) is 13.8. The van der Waals surface area contributed by atoms with Crippen LogP contribution in [-0.2, 0) is 0 Å². The number of hydrogen-bond acceptors (Lipinski definition) is 1. The Labute approximate surface area is 130 Å². The highest BCUT2D eigenvalue weighted by atomic mass is 14.9. The molecular weight excluding hydrogens is 254 g/mol. The molecule has 0 aromatic heterocycles. The van der Waals surface area contributed by atoms with E-state index < -0.39 is 0 Å². The van der Waals surface area contributed by atoms with E-state index in [4.69, 9.17) is 0 Å². The lowest BCUT2D eigenvalue weighted by molar-refractivity contribution is 0.228. The van der Waals surface area contributed by atoms with E-state index in [9.17, 15) is 0 Å². The fourth-order valence-corrected chi connectivity index (χ4v) is 4.16. The molecule has 2 aliphatic rings. The lowest BCUT2D eigenvalue weighted by Crippen LogP contribution is -2.42. The summed E-state index contributed by atoms with van der Waals surface area (Å²) in [6, 6.07) is 9.86. The van der Waals surface area contributed by atoms with Crippen molar-refractivity contribution in [1.29, 1.82) is 0 Å². The van der Waals surface area contributed by atoms with Gasteiger partial charge >= 0.3 is 0 Å². The highest BCUT2D eigenvalue weighted by molar-refractivity contribution is 5.27. The summed E-state index contributed by atoms with van der Waals surface area (Å²) in [5.74, 6) is 2.78. The standard InChI is InChI=1S/C20H31N/c1-3-16-7-9-17(10-8-16)14-21-20-12-19(13-20)18-6-4-5-15(2)11-18/h4-6,11,16-17,19-21H,3,7-10,12-14H2,1-2H3. The molecule has 0 amide bonds. The molecule has 116 valence electrons. The third-order valence-electron chi connectivity index (χ3n) is 5.89. The molecule has 0 radical (unpaired) electrons. The minimum absolute atomic E-state index is 0.777. The van der Waals surface area contributed by atoms with Crippen LogP contribution in [-0.4, -0.2) is 12.6 Å². The van der Waals surface area contributed by atoms with Gasteiger partial charge in [-0.1, -0.05) is 56.0 Å². The average Bonchev–Trinajstić information content (AvgIpc) is 2.46. The molecule has 0 heterocycles. The summed E-state index contributed by atoms with van der Waals surface area (Å²) in [7, 11) is 0. The Morgan fingerprint density at radius 1 is 1.05 bits per heavy atom. The van der Waals surface area contributed by atoms with Gasteiger partial charge in [-0.15, -0.1) is 0 Å². The number of rotatable bonds is 5. The highest BCUT2D eigenvalue weighted by Crippen LogP contribution is 2.37. The molecule has 0 saturated heterocycles. The fourth-order valence-electron chi connectivity index (χ4n) is 4.16. The first-order valence-corrected chi connectivity index (χ1v) is 9.04. The van der Waals surface area contributed by atoms with Crippen molar-refractivity contribution in [2.75, 3.05) is 6.54 Å². The fraction of sp³-hybridized carbons (Fsp3) is 0.700. The molecule has 1 heteroatoms. The molecule has 0 atom stereocenters. The lowest BCUT2D eigenvalue weighted by atomic mass is 9.75. The van der Waals surface area contributed by atoms with Crippen molar-refractivity contribution in [2.24, 2.45) is 11.8 Å². The highest BCUT2D eigenvalue weighted by Gasteiger charge is 2.30. The summed E-state index contributed by atoms with van der Waals surface area (Å²) >= 11 is 0. The van der Waals surface area contributed by atoms with Gasteiger partial charge < -0.3 is 5.32 Å². The minimum atomic E-state index is 0.777. The van der Waals surface area contributed by atoms with E-state index in [1.165, 1.54) is 57.1 Å². The van der Waals surface area contributed by atoms with Crippen LogP contribution in [0.2, 0.25) is 0 Å². The van der Waals surface area contributed by atoms with Gasteiger partial charge in [-0.2, -0.15) is 0 Å². The minimum Gasteiger partial charge on any atom is -0.314 e. The molecule has 1 aromatic carbocycles. The van der Waals surface area contributed by atoms with Crippen LogP contribution in [0.5, 0.6) is 0 Å². The van der Waals surface area contributed by atoms with Crippen molar-refractivity contribution < 1.29 is 0 Å². The topological polar surface area (TPSA) is 12.0 Å². The molecule has 0 bridgehead atoms. The zero-order valence-corrected chi connectivity index (χ0v) is 13.8. The van der Waals surface area contributed by atoms with Gasteiger partial charge in [-0.05, 0) is 62.5 Å². The molecule has 1 N–H and O–H groups in total. The first-order chi connectivity index (χ1) is 10.2. The van der Waals surface area contributed by atoms with Gasteiger partial charge in [-0.3, -0.25) is 0 Å². The van der Waals surface area contributed by atoms with Crippen LogP contribution >= 0.6 is 0 Å². The third kappa shape index (κ3) is 3.88. The Hall–Kier alpha value is -0.820. The number of benzene rings is 1. The Bertz CT molecular complexity index is 439. The summed E-state index contributed by atoms with van der Waals surface area (Å²) in [6.07, 6.45) is 9.93. The van der Waals surface area contributed by atoms with Crippen molar-refractivity contribution in [3.63, 3.8) is 0 Å². The molecule has 1 nitrogen and oxygen atoms in total. The SMILES string of the molecule is CCC1CCC(CNC2CC(c3cccc(C)c3)C2)CC1. The summed E-state index contributed by atoms with van der Waals surface area (Å²) < 4.78 is 0. The smallest absolute Gasteiger partial charge is 0.00788 e. The first-order valence-electron chi connectivity index (χ1n) is 9.04. The van der Waals surface area contributed by atoms with Crippen molar-refractivity contribution in [3.05, 3.63) is 35.4 Å². The monoisotopic (exact) mass is 285 g/mol. The molecule has 1 aromatic rings. The maximum atomic E-state index is 3.84. The Kier molecular flexibility index (Phi) is 5.00. The van der Waals surface area contributed by atoms with Crippen molar-refractivity contribution in [3.8, 4) is 0 Å². The Morgan fingerprint density at radius 2 is 1.76 bits per heavy atom. The predicted molar refractivity (Wildman–Crippen MR) is 90.7 cm³/mol. The average molecular weight is 285 g/mol. The van der Waals surface area contributed by atoms with Crippen molar-refractivity contribution in [2.45, 2.75) is 70.8 Å². The molecule has 0 unspecified atom stereocenters. The van der Waals surface area contributed by atoms with E-state index >= 15 is 0 Å². The molecule has 2 aliphatic carbocycles. The van der Waals surface area contributed by atoms with E-state index in [1.54, 1.807) is 5.56 Å². The van der Waals surface area contributed by atoms with E-state index in [0.717, 1.165) is 23.8 Å². The Balaban J connectivity index is 1.36. The predicted octanol–water partition coefficient (Wildman–Crippen LogP) is 5.05. The summed E-state index contributed by atoms with van der Waals surface area (Å²) in [4.78, 5) is 0. The van der Waals surface area contributed by atoms with Crippen molar-refractivity contribution >= 4 is 0 Å². The summed E-state index contributed by atoms with van der Waals surface area (Å²) in [5, 5.41) is 3.84. The maximum Gasteiger partial charge on any atom is 0.00788 e. The maximum absolute atomic E-state index is 3.84. The van der Waals surface area contributed by atoms with Gasteiger partial charge in [0.2, 0.25) is 0 Å².